The van der Waals surface area contributed by atoms with E-state index in [9.17, 15) is 4.79 Å². The predicted molar refractivity (Wildman–Crippen MR) is 51.6 cm³/mol. The van der Waals surface area contributed by atoms with Crippen molar-refractivity contribution in [2.45, 2.75) is 26.2 Å². The van der Waals surface area contributed by atoms with Crippen LogP contribution in [0.4, 0.5) is 0 Å². The van der Waals surface area contributed by atoms with Crippen LogP contribution in [0.1, 0.15) is 37.0 Å². The molecule has 0 saturated carbocycles. The fourth-order valence-electron chi connectivity index (χ4n) is 0.990. The van der Waals surface area contributed by atoms with Crippen LogP contribution in [0.15, 0.2) is 18.2 Å². The molecule has 2 radical (unpaired) electrons. The number of rotatable bonds is 1. The Labute approximate surface area is 79.0 Å². The first-order valence-electron chi connectivity index (χ1n) is 4.18. The lowest BCUT2D eigenvalue weighted by Gasteiger charge is -2.17. The van der Waals surface area contributed by atoms with E-state index in [2.05, 4.69) is 4.98 Å². The van der Waals surface area contributed by atoms with Gasteiger partial charge < -0.3 is 0 Å². The van der Waals surface area contributed by atoms with E-state index in [-0.39, 0.29) is 5.41 Å². The second-order valence-corrected chi connectivity index (χ2v) is 4.02. The standard InChI is InChI=1S/C11H13NO/c1-8(13)9-6-5-7-10(12-9)11(2,3)4/h1,5-7H,2-4H3. The lowest BCUT2D eigenvalue weighted by molar-refractivity contribution is 0.103. The topological polar surface area (TPSA) is 30.0 Å². The molecular weight excluding hydrogens is 162 g/mol. The van der Waals surface area contributed by atoms with E-state index in [1.54, 1.807) is 12.1 Å². The minimum Gasteiger partial charge on any atom is -0.292 e. The fraction of sp³-hybridized carbons (Fsp3) is 0.364. The SMILES string of the molecule is [CH]C(=O)c1cccc(C(C)(C)C)n1. The van der Waals surface area contributed by atoms with Crippen molar-refractivity contribution in [1.29, 1.82) is 0 Å². The molecule has 13 heavy (non-hydrogen) atoms. The van der Waals surface area contributed by atoms with Crippen molar-refractivity contribution in [3.63, 3.8) is 0 Å². The fourth-order valence-corrected chi connectivity index (χ4v) is 0.990. The highest BCUT2D eigenvalue weighted by Crippen LogP contribution is 2.19. The number of hydrogen-bond acceptors (Lipinski definition) is 2. The van der Waals surface area contributed by atoms with Crippen LogP contribution in [0.2, 0.25) is 0 Å². The van der Waals surface area contributed by atoms with Gasteiger partial charge in [-0.25, -0.2) is 4.98 Å². The third-order valence-electron chi connectivity index (χ3n) is 1.77. The smallest absolute Gasteiger partial charge is 0.185 e. The lowest BCUT2D eigenvalue weighted by atomic mass is 9.91. The second kappa shape index (κ2) is 3.29. The van der Waals surface area contributed by atoms with Crippen molar-refractivity contribution >= 4 is 5.78 Å². The molecule has 0 bridgehead atoms. The van der Waals surface area contributed by atoms with Crippen LogP contribution in [-0.4, -0.2) is 10.8 Å². The molecule has 1 heterocycles. The summed E-state index contributed by atoms with van der Waals surface area (Å²) in [6, 6.07) is 5.32. The average Bonchev–Trinajstić information content (AvgIpc) is 2.03. The normalized spacial score (nSPS) is 11.4. The highest BCUT2D eigenvalue weighted by Gasteiger charge is 2.15. The molecular formula is C11H13NO. The highest BCUT2D eigenvalue weighted by molar-refractivity contribution is 5.97. The molecule has 0 N–H and O–H groups in total. The van der Waals surface area contributed by atoms with Crippen molar-refractivity contribution < 1.29 is 4.79 Å². The van der Waals surface area contributed by atoms with Crippen molar-refractivity contribution in [2.24, 2.45) is 0 Å². The van der Waals surface area contributed by atoms with Crippen LogP contribution < -0.4 is 0 Å². The van der Waals surface area contributed by atoms with Gasteiger partial charge in [0.15, 0.2) is 5.78 Å². The molecule has 0 unspecified atom stereocenters. The monoisotopic (exact) mass is 175 g/mol. The molecule has 1 aromatic rings. The highest BCUT2D eigenvalue weighted by atomic mass is 16.1. The van der Waals surface area contributed by atoms with Crippen molar-refractivity contribution in [3.8, 4) is 0 Å². The molecule has 2 heteroatoms. The van der Waals surface area contributed by atoms with Crippen LogP contribution in [0.3, 0.4) is 0 Å². The minimum atomic E-state index is -0.480. The largest absolute Gasteiger partial charge is 0.292 e. The Bertz CT molecular complexity index is 323. The Balaban J connectivity index is 3.13. The molecule has 1 rings (SSSR count). The van der Waals surface area contributed by atoms with Crippen LogP contribution in [0, 0.1) is 6.92 Å². The summed E-state index contributed by atoms with van der Waals surface area (Å²) in [5.41, 5.74) is 1.15. The van der Waals surface area contributed by atoms with E-state index < -0.39 is 5.78 Å². The van der Waals surface area contributed by atoms with Gasteiger partial charge in [-0.3, -0.25) is 4.79 Å². The van der Waals surface area contributed by atoms with Gasteiger partial charge in [-0.15, -0.1) is 0 Å². The first-order valence-corrected chi connectivity index (χ1v) is 4.18. The summed E-state index contributed by atoms with van der Waals surface area (Å²) in [5.74, 6) is -0.480. The van der Waals surface area contributed by atoms with Gasteiger partial charge in [-0.1, -0.05) is 26.8 Å². The molecule has 0 fully saturated rings. The second-order valence-electron chi connectivity index (χ2n) is 4.02. The zero-order valence-corrected chi connectivity index (χ0v) is 8.16. The maximum Gasteiger partial charge on any atom is 0.185 e. The van der Waals surface area contributed by atoms with Gasteiger partial charge in [0.1, 0.15) is 5.69 Å². The van der Waals surface area contributed by atoms with E-state index in [0.29, 0.717) is 5.69 Å². The molecule has 0 aliphatic rings. The molecule has 0 spiro atoms. The molecule has 1 aromatic heterocycles. The Morgan fingerprint density at radius 1 is 1.38 bits per heavy atom. The Morgan fingerprint density at radius 2 is 2.00 bits per heavy atom. The van der Waals surface area contributed by atoms with E-state index >= 15 is 0 Å². The van der Waals surface area contributed by atoms with E-state index in [1.807, 2.05) is 26.8 Å². The summed E-state index contributed by atoms with van der Waals surface area (Å²) in [7, 11) is 0. The zero-order valence-electron chi connectivity index (χ0n) is 8.16. The van der Waals surface area contributed by atoms with Gasteiger partial charge in [0.25, 0.3) is 0 Å². The van der Waals surface area contributed by atoms with Crippen molar-refractivity contribution in [3.05, 3.63) is 36.5 Å². The zero-order chi connectivity index (χ0) is 10.1. The van der Waals surface area contributed by atoms with E-state index in [1.165, 1.54) is 0 Å². The third-order valence-corrected chi connectivity index (χ3v) is 1.77. The maximum absolute atomic E-state index is 10.8. The number of aromatic nitrogens is 1. The van der Waals surface area contributed by atoms with Crippen LogP contribution in [0.5, 0.6) is 0 Å². The number of carbonyl (C=O) groups is 1. The molecule has 0 aromatic carbocycles. The maximum atomic E-state index is 10.8. The van der Waals surface area contributed by atoms with Gasteiger partial charge in [0, 0.05) is 18.0 Å². The molecule has 0 amide bonds. The lowest BCUT2D eigenvalue weighted by Crippen LogP contribution is -2.15. The minimum absolute atomic E-state index is 0.0501. The summed E-state index contributed by atoms with van der Waals surface area (Å²) >= 11 is 0. The first-order chi connectivity index (χ1) is 5.91. The Kier molecular flexibility index (Phi) is 2.50. The van der Waals surface area contributed by atoms with Crippen molar-refractivity contribution in [1.82, 2.24) is 4.98 Å². The quantitative estimate of drug-likeness (QED) is 0.613. The molecule has 0 atom stereocenters. The van der Waals surface area contributed by atoms with E-state index in [0.717, 1.165) is 5.69 Å². The molecule has 2 nitrogen and oxygen atoms in total. The Morgan fingerprint density at radius 3 is 2.46 bits per heavy atom. The van der Waals surface area contributed by atoms with Gasteiger partial charge in [-0.2, -0.15) is 0 Å². The first kappa shape index (κ1) is 9.90. The van der Waals surface area contributed by atoms with Gasteiger partial charge in [0.05, 0.1) is 0 Å². The molecule has 68 valence electrons. The number of nitrogens with zero attached hydrogens (tertiary/aromatic N) is 1. The number of pyridine rings is 1. The number of carbonyl (C=O) groups excluding carboxylic acids is 1. The number of Topliss-reactive ketones (excluding diaryl/α,β-unsaturated/α-hetero) is 1. The number of hydrogen-bond donors (Lipinski definition) is 0. The van der Waals surface area contributed by atoms with Crippen LogP contribution in [-0.2, 0) is 5.41 Å². The Hall–Kier alpha value is -1.18. The summed E-state index contributed by atoms with van der Waals surface area (Å²) in [5, 5.41) is 0. The van der Waals surface area contributed by atoms with Crippen molar-refractivity contribution in [2.75, 3.05) is 0 Å². The summed E-state index contributed by atoms with van der Waals surface area (Å²) < 4.78 is 0. The van der Waals surface area contributed by atoms with Gasteiger partial charge >= 0.3 is 0 Å². The predicted octanol–water partition coefficient (Wildman–Crippen LogP) is 2.27. The van der Waals surface area contributed by atoms with E-state index in [4.69, 9.17) is 6.92 Å². The van der Waals surface area contributed by atoms with Gasteiger partial charge in [0.2, 0.25) is 0 Å². The summed E-state index contributed by atoms with van der Waals surface area (Å²) in [6.45, 7) is 11.2. The number of ketones is 1. The van der Waals surface area contributed by atoms with Crippen LogP contribution >= 0.6 is 0 Å². The molecule has 0 saturated heterocycles. The van der Waals surface area contributed by atoms with Gasteiger partial charge in [-0.05, 0) is 12.1 Å². The molecule has 0 aliphatic carbocycles. The summed E-state index contributed by atoms with van der Waals surface area (Å²) in [4.78, 5) is 15.0. The van der Waals surface area contributed by atoms with Crippen LogP contribution in [0.25, 0.3) is 0 Å². The average molecular weight is 175 g/mol. The summed E-state index contributed by atoms with van der Waals surface area (Å²) in [6.07, 6.45) is 0. The third kappa shape index (κ3) is 2.38. The molecule has 0 aliphatic heterocycles.